The molecule has 0 heterocycles. The van der Waals surface area contributed by atoms with Crippen molar-refractivity contribution in [3.8, 4) is 0 Å². The van der Waals surface area contributed by atoms with E-state index in [9.17, 15) is 18.8 Å². The van der Waals surface area contributed by atoms with E-state index in [1.807, 2.05) is 5.32 Å². The Labute approximate surface area is 106 Å². The summed E-state index contributed by atoms with van der Waals surface area (Å²) in [6.07, 6.45) is 0. The zero-order chi connectivity index (χ0) is 13.9. The lowest BCUT2D eigenvalue weighted by molar-refractivity contribution is -0.128. The summed E-state index contributed by atoms with van der Waals surface area (Å²) in [6, 6.07) is 1.55. The zero-order valence-corrected chi connectivity index (χ0v) is 9.70. The van der Waals surface area contributed by atoms with E-state index >= 15 is 0 Å². The molecule has 0 saturated heterocycles. The van der Waals surface area contributed by atoms with E-state index < -0.39 is 35.1 Å². The predicted molar refractivity (Wildman–Crippen MR) is 61.1 cm³/mol. The lowest BCUT2D eigenvalue weighted by Gasteiger charge is -2.12. The summed E-state index contributed by atoms with van der Waals surface area (Å²) in [5, 5.41) is 2.04. The van der Waals surface area contributed by atoms with Gasteiger partial charge in [-0.05, 0) is 18.2 Å². The molecule has 1 aromatic rings. The first-order valence-corrected chi connectivity index (χ1v) is 5.05. The number of hydrogen-bond acceptors (Lipinski definition) is 3. The summed E-state index contributed by atoms with van der Waals surface area (Å²) >= 11 is 5.59. The van der Waals surface area contributed by atoms with Crippen LogP contribution >= 0.6 is 11.6 Å². The maximum absolute atomic E-state index is 13.3. The van der Waals surface area contributed by atoms with Crippen LogP contribution in [0.25, 0.3) is 0 Å². The van der Waals surface area contributed by atoms with E-state index in [-0.39, 0.29) is 5.02 Å². The maximum Gasteiger partial charge on any atom is 0.255 e. The number of halogens is 2. The van der Waals surface area contributed by atoms with E-state index in [0.717, 1.165) is 12.1 Å². The lowest BCUT2D eigenvalue weighted by Crippen LogP contribution is -2.52. The van der Waals surface area contributed by atoms with Crippen LogP contribution in [0.15, 0.2) is 18.2 Å². The van der Waals surface area contributed by atoms with E-state index in [2.05, 4.69) is 0 Å². The van der Waals surface area contributed by atoms with Gasteiger partial charge in [-0.1, -0.05) is 11.6 Å². The van der Waals surface area contributed by atoms with Gasteiger partial charge >= 0.3 is 0 Å². The quantitative estimate of drug-likeness (QED) is 0.645. The van der Waals surface area contributed by atoms with Crippen LogP contribution < -0.4 is 16.8 Å². The summed E-state index contributed by atoms with van der Waals surface area (Å²) in [4.78, 5) is 33.3. The number of carbonyl (C=O) groups excluding carboxylic acids is 3. The third-order valence-corrected chi connectivity index (χ3v) is 2.25. The van der Waals surface area contributed by atoms with E-state index in [1.165, 1.54) is 6.07 Å². The molecule has 5 N–H and O–H groups in total. The average molecular weight is 274 g/mol. The number of nitrogens with two attached hydrogens (primary N) is 2. The van der Waals surface area contributed by atoms with Crippen molar-refractivity contribution in [3.63, 3.8) is 0 Å². The molecule has 0 atom stereocenters. The van der Waals surface area contributed by atoms with Crippen LogP contribution in [-0.4, -0.2) is 23.8 Å². The van der Waals surface area contributed by atoms with Gasteiger partial charge in [0.25, 0.3) is 5.91 Å². The normalized spacial score (nSPS) is 10.2. The molecule has 0 fully saturated rings. The molecule has 0 aliphatic rings. The summed E-state index contributed by atoms with van der Waals surface area (Å²) in [5.74, 6) is -4.15. The highest BCUT2D eigenvalue weighted by molar-refractivity contribution is 6.31. The Balaban J connectivity index is 2.97. The Hall–Kier alpha value is -2.15. The Morgan fingerprint density at radius 2 is 1.78 bits per heavy atom. The molecule has 0 bridgehead atoms. The number of rotatable bonds is 4. The number of hydrogen-bond donors (Lipinski definition) is 3. The molecular weight excluding hydrogens is 265 g/mol. The standard InChI is InChI=1S/C10H9ClFN3O3/c11-4-1-2-6(12)5(3-4)10(18)15-7(8(13)16)9(14)17/h1-3,7H,(H2,13,16)(H2,14,17)(H,15,18). The Morgan fingerprint density at radius 1 is 1.22 bits per heavy atom. The van der Waals surface area contributed by atoms with Crippen molar-refractivity contribution >= 4 is 29.3 Å². The van der Waals surface area contributed by atoms with E-state index in [0.29, 0.717) is 0 Å². The second-order valence-electron chi connectivity index (χ2n) is 3.34. The molecule has 0 spiro atoms. The minimum absolute atomic E-state index is 0.122. The minimum Gasteiger partial charge on any atom is -0.367 e. The van der Waals surface area contributed by atoms with Gasteiger partial charge in [0.05, 0.1) is 5.56 Å². The highest BCUT2D eigenvalue weighted by atomic mass is 35.5. The van der Waals surface area contributed by atoms with Gasteiger partial charge in [-0.15, -0.1) is 0 Å². The number of nitrogens with one attached hydrogen (secondary N) is 1. The summed E-state index contributed by atoms with van der Waals surface area (Å²) in [7, 11) is 0. The fraction of sp³-hybridized carbons (Fsp3) is 0.100. The summed E-state index contributed by atoms with van der Waals surface area (Å²) in [6.45, 7) is 0. The van der Waals surface area contributed by atoms with Crippen LogP contribution in [0.4, 0.5) is 4.39 Å². The molecule has 96 valence electrons. The molecule has 0 saturated carbocycles. The molecule has 8 heteroatoms. The summed E-state index contributed by atoms with van der Waals surface area (Å²) in [5.41, 5.74) is 9.29. The van der Waals surface area contributed by atoms with Gasteiger partial charge in [0.1, 0.15) is 5.82 Å². The number of carbonyl (C=O) groups is 3. The predicted octanol–water partition coefficient (Wildman–Crippen LogP) is -0.452. The van der Waals surface area contributed by atoms with Gasteiger partial charge in [-0.25, -0.2) is 4.39 Å². The van der Waals surface area contributed by atoms with Crippen molar-refractivity contribution in [1.82, 2.24) is 5.32 Å². The zero-order valence-electron chi connectivity index (χ0n) is 8.94. The highest BCUT2D eigenvalue weighted by Gasteiger charge is 2.25. The number of benzene rings is 1. The van der Waals surface area contributed by atoms with Crippen LogP contribution in [0.3, 0.4) is 0 Å². The van der Waals surface area contributed by atoms with Crippen molar-refractivity contribution < 1.29 is 18.8 Å². The van der Waals surface area contributed by atoms with Crippen molar-refractivity contribution in [2.24, 2.45) is 11.5 Å². The molecule has 1 rings (SSSR count). The molecule has 18 heavy (non-hydrogen) atoms. The second-order valence-corrected chi connectivity index (χ2v) is 3.77. The fourth-order valence-corrected chi connectivity index (χ4v) is 1.33. The third kappa shape index (κ3) is 3.17. The molecular formula is C10H9ClFN3O3. The molecule has 0 radical (unpaired) electrons. The first-order chi connectivity index (χ1) is 8.32. The molecule has 0 aliphatic carbocycles. The Morgan fingerprint density at radius 3 is 2.28 bits per heavy atom. The smallest absolute Gasteiger partial charge is 0.255 e. The van der Waals surface area contributed by atoms with E-state index in [4.69, 9.17) is 23.1 Å². The van der Waals surface area contributed by atoms with Gasteiger partial charge in [0, 0.05) is 5.02 Å². The van der Waals surface area contributed by atoms with Crippen LogP contribution in [-0.2, 0) is 9.59 Å². The van der Waals surface area contributed by atoms with E-state index in [1.54, 1.807) is 0 Å². The van der Waals surface area contributed by atoms with Gasteiger partial charge in [0.15, 0.2) is 6.04 Å². The van der Waals surface area contributed by atoms with Gasteiger partial charge in [-0.3, -0.25) is 14.4 Å². The van der Waals surface area contributed by atoms with Crippen molar-refractivity contribution in [1.29, 1.82) is 0 Å². The minimum atomic E-state index is -1.71. The monoisotopic (exact) mass is 273 g/mol. The largest absolute Gasteiger partial charge is 0.367 e. The molecule has 6 nitrogen and oxygen atoms in total. The fourth-order valence-electron chi connectivity index (χ4n) is 1.16. The lowest BCUT2D eigenvalue weighted by atomic mass is 10.1. The Bertz CT molecular complexity index is 507. The average Bonchev–Trinajstić information content (AvgIpc) is 2.28. The molecule has 3 amide bonds. The van der Waals surface area contributed by atoms with Crippen molar-refractivity contribution in [2.45, 2.75) is 6.04 Å². The first-order valence-electron chi connectivity index (χ1n) is 4.67. The third-order valence-electron chi connectivity index (χ3n) is 2.02. The second kappa shape index (κ2) is 5.46. The topological polar surface area (TPSA) is 115 Å². The highest BCUT2D eigenvalue weighted by Crippen LogP contribution is 2.14. The van der Waals surface area contributed by atoms with Gasteiger partial charge in [-0.2, -0.15) is 0 Å². The summed E-state index contributed by atoms with van der Waals surface area (Å²) < 4.78 is 13.3. The number of primary amides is 2. The number of amides is 3. The van der Waals surface area contributed by atoms with Crippen molar-refractivity contribution in [2.75, 3.05) is 0 Å². The SMILES string of the molecule is NC(=O)C(NC(=O)c1cc(Cl)ccc1F)C(N)=O. The van der Waals surface area contributed by atoms with Crippen LogP contribution in [0.2, 0.25) is 5.02 Å². The van der Waals surface area contributed by atoms with Crippen LogP contribution in [0.5, 0.6) is 0 Å². The molecule has 0 aliphatic heterocycles. The molecule has 0 aromatic heterocycles. The van der Waals surface area contributed by atoms with Crippen LogP contribution in [0.1, 0.15) is 10.4 Å². The first kappa shape index (κ1) is 13.9. The van der Waals surface area contributed by atoms with Gasteiger partial charge in [0.2, 0.25) is 11.8 Å². The molecule has 0 unspecified atom stereocenters. The maximum atomic E-state index is 13.3. The van der Waals surface area contributed by atoms with Crippen LogP contribution in [0, 0.1) is 5.82 Å². The van der Waals surface area contributed by atoms with Gasteiger partial charge < -0.3 is 16.8 Å². The molecule has 1 aromatic carbocycles. The Kier molecular flexibility index (Phi) is 4.22. The van der Waals surface area contributed by atoms with Crippen molar-refractivity contribution in [3.05, 3.63) is 34.6 Å².